The molecule has 0 aromatic heterocycles. The summed E-state index contributed by atoms with van der Waals surface area (Å²) in [6.07, 6.45) is 0.640. The molecule has 1 aromatic carbocycles. The third-order valence-electron chi connectivity index (χ3n) is 3.42. The van der Waals surface area contributed by atoms with Crippen LogP contribution in [0.4, 0.5) is 10.1 Å². The van der Waals surface area contributed by atoms with Crippen LogP contribution in [0, 0.1) is 11.2 Å². The Morgan fingerprint density at radius 3 is 2.55 bits per heavy atom. The number of carbonyl (C=O) groups excluding carboxylic acids is 1. The van der Waals surface area contributed by atoms with Gasteiger partial charge in [-0.2, -0.15) is 0 Å². The lowest BCUT2D eigenvalue weighted by atomic mass is 9.80. The van der Waals surface area contributed by atoms with Crippen LogP contribution in [0.3, 0.4) is 0 Å². The van der Waals surface area contributed by atoms with Crippen LogP contribution >= 0.6 is 11.6 Å². The van der Waals surface area contributed by atoms with E-state index in [1.54, 1.807) is 13.8 Å². The molecule has 0 spiro atoms. The van der Waals surface area contributed by atoms with E-state index in [1.807, 2.05) is 0 Å². The molecule has 4 N–H and O–H groups in total. The van der Waals surface area contributed by atoms with E-state index in [0.717, 1.165) is 6.07 Å². The summed E-state index contributed by atoms with van der Waals surface area (Å²) in [4.78, 5) is 12.4. The van der Waals surface area contributed by atoms with Gasteiger partial charge in [-0.15, -0.1) is 0 Å². The van der Waals surface area contributed by atoms with Crippen molar-refractivity contribution in [2.45, 2.75) is 26.7 Å². The highest BCUT2D eigenvalue weighted by molar-refractivity contribution is 6.30. The molecule has 0 fully saturated rings. The number of amides is 1. The Bertz CT molecular complexity index is 530. The number of hydrogen-bond donors (Lipinski definition) is 3. The smallest absolute Gasteiger partial charge is 0.238 e. The molecule has 0 saturated heterocycles. The molecule has 0 bridgehead atoms. The summed E-state index contributed by atoms with van der Waals surface area (Å²) in [7, 11) is 0. The molecular weight excluding hydrogens is 285 g/mol. The number of hydrogen-bond acceptors (Lipinski definition) is 3. The molecule has 20 heavy (non-hydrogen) atoms. The Morgan fingerprint density at radius 2 is 2.10 bits per heavy atom. The normalized spacial score (nSPS) is 12.3. The lowest BCUT2D eigenvalue weighted by Gasteiger charge is -2.28. The van der Waals surface area contributed by atoms with Gasteiger partial charge in [-0.1, -0.05) is 30.6 Å². The highest BCUT2D eigenvalue weighted by Gasteiger charge is 2.40. The number of rotatable bonds is 5. The molecule has 5 nitrogen and oxygen atoms in total. The highest BCUT2D eigenvalue weighted by Crippen LogP contribution is 2.29. The monoisotopic (exact) mass is 301 g/mol. The van der Waals surface area contributed by atoms with Gasteiger partial charge in [0.25, 0.3) is 0 Å². The number of nitrogens with two attached hydrogens (primary N) is 1. The number of benzene rings is 1. The van der Waals surface area contributed by atoms with Crippen molar-refractivity contribution < 1.29 is 14.4 Å². The quantitative estimate of drug-likeness (QED) is 0.338. The summed E-state index contributed by atoms with van der Waals surface area (Å²) >= 11 is 5.65. The van der Waals surface area contributed by atoms with Crippen molar-refractivity contribution in [3.8, 4) is 0 Å². The molecule has 0 heterocycles. The number of halogens is 2. The Hall–Kier alpha value is -1.82. The van der Waals surface area contributed by atoms with Crippen molar-refractivity contribution in [3.63, 3.8) is 0 Å². The summed E-state index contributed by atoms with van der Waals surface area (Å²) in [6, 6.07) is 3.92. The van der Waals surface area contributed by atoms with E-state index in [0.29, 0.717) is 12.8 Å². The largest absolute Gasteiger partial charge is 0.409 e. The first-order valence-electron chi connectivity index (χ1n) is 6.15. The average molecular weight is 302 g/mol. The molecule has 1 aromatic rings. The number of nitrogens with one attached hydrogen (secondary N) is 1. The summed E-state index contributed by atoms with van der Waals surface area (Å²) in [5, 5.41) is 14.4. The van der Waals surface area contributed by atoms with Crippen LogP contribution in [0.1, 0.15) is 26.7 Å². The minimum atomic E-state index is -1.18. The highest BCUT2D eigenvalue weighted by atomic mass is 35.5. The van der Waals surface area contributed by atoms with Crippen LogP contribution in [0.2, 0.25) is 5.02 Å². The van der Waals surface area contributed by atoms with Gasteiger partial charge in [0.05, 0.1) is 5.69 Å². The number of oxime groups is 1. The zero-order valence-electron chi connectivity index (χ0n) is 11.3. The van der Waals surface area contributed by atoms with Crippen LogP contribution in [0.15, 0.2) is 23.4 Å². The van der Waals surface area contributed by atoms with E-state index >= 15 is 0 Å². The molecule has 0 aliphatic heterocycles. The molecule has 0 saturated carbocycles. The first kappa shape index (κ1) is 16.2. The number of carbonyl (C=O) groups is 1. The molecular formula is C13H17ClFN3O2. The fourth-order valence-corrected chi connectivity index (χ4v) is 2.14. The van der Waals surface area contributed by atoms with Gasteiger partial charge in [0.2, 0.25) is 5.91 Å². The number of amidine groups is 1. The maximum Gasteiger partial charge on any atom is 0.238 e. The molecule has 1 rings (SSSR count). The van der Waals surface area contributed by atoms with E-state index < -0.39 is 17.1 Å². The van der Waals surface area contributed by atoms with Crippen molar-refractivity contribution in [1.82, 2.24) is 0 Å². The van der Waals surface area contributed by atoms with Gasteiger partial charge in [-0.3, -0.25) is 4.79 Å². The molecule has 0 unspecified atom stereocenters. The summed E-state index contributed by atoms with van der Waals surface area (Å²) in [5.74, 6) is -1.38. The van der Waals surface area contributed by atoms with Gasteiger partial charge >= 0.3 is 0 Å². The van der Waals surface area contributed by atoms with Gasteiger partial charge in [0.1, 0.15) is 11.2 Å². The van der Waals surface area contributed by atoms with Crippen molar-refractivity contribution in [3.05, 3.63) is 29.0 Å². The Labute approximate surface area is 121 Å². The standard InChI is InChI=1S/C13H17ClFN3O2/c1-3-13(4-2,11(16)18-20)12(19)17-10-6-5-8(14)7-9(10)15/h5-7,20H,3-4H2,1-2H3,(H2,16,18)(H,17,19). The first-order valence-corrected chi connectivity index (χ1v) is 6.53. The van der Waals surface area contributed by atoms with Crippen molar-refractivity contribution in [2.24, 2.45) is 16.3 Å². The molecule has 1 amide bonds. The molecule has 0 aliphatic carbocycles. The van der Waals surface area contributed by atoms with Crippen LogP contribution in [0.25, 0.3) is 0 Å². The Balaban J connectivity index is 3.09. The van der Waals surface area contributed by atoms with E-state index in [1.165, 1.54) is 12.1 Å². The third kappa shape index (κ3) is 3.01. The predicted molar refractivity (Wildman–Crippen MR) is 76.5 cm³/mol. The molecule has 110 valence electrons. The number of anilines is 1. The van der Waals surface area contributed by atoms with E-state index in [2.05, 4.69) is 10.5 Å². The van der Waals surface area contributed by atoms with Gasteiger partial charge in [-0.05, 0) is 31.0 Å². The fraction of sp³-hybridized carbons (Fsp3) is 0.385. The summed E-state index contributed by atoms with van der Waals surface area (Å²) in [6.45, 7) is 3.47. The van der Waals surface area contributed by atoms with Crippen LogP contribution in [-0.4, -0.2) is 17.0 Å². The molecule has 0 atom stereocenters. The summed E-state index contributed by atoms with van der Waals surface area (Å²) in [5.41, 5.74) is 4.43. The van der Waals surface area contributed by atoms with Crippen molar-refractivity contribution >= 4 is 29.0 Å². The first-order chi connectivity index (χ1) is 9.41. The SMILES string of the molecule is CCC(CC)(C(=O)Nc1ccc(Cl)cc1F)C(N)=NO. The second-order valence-corrected chi connectivity index (χ2v) is 4.79. The van der Waals surface area contributed by atoms with Gasteiger partial charge in [0, 0.05) is 5.02 Å². The van der Waals surface area contributed by atoms with Gasteiger partial charge in [-0.25, -0.2) is 4.39 Å². The average Bonchev–Trinajstić information content (AvgIpc) is 2.43. The van der Waals surface area contributed by atoms with Crippen LogP contribution in [-0.2, 0) is 4.79 Å². The van der Waals surface area contributed by atoms with Gasteiger partial charge in [0.15, 0.2) is 5.84 Å². The zero-order chi connectivity index (χ0) is 15.3. The minimum Gasteiger partial charge on any atom is -0.409 e. The maximum absolute atomic E-state index is 13.7. The minimum absolute atomic E-state index is 0.00332. The van der Waals surface area contributed by atoms with Gasteiger partial charge < -0.3 is 16.3 Å². The third-order valence-corrected chi connectivity index (χ3v) is 3.65. The van der Waals surface area contributed by atoms with E-state index in [-0.39, 0.29) is 16.5 Å². The lowest BCUT2D eigenvalue weighted by Crippen LogP contribution is -2.46. The topological polar surface area (TPSA) is 87.7 Å². The predicted octanol–water partition coefficient (Wildman–Crippen LogP) is 2.97. The fourth-order valence-electron chi connectivity index (χ4n) is 1.98. The second kappa shape index (κ2) is 6.56. The maximum atomic E-state index is 13.7. The van der Waals surface area contributed by atoms with E-state index in [9.17, 15) is 9.18 Å². The zero-order valence-corrected chi connectivity index (χ0v) is 12.0. The van der Waals surface area contributed by atoms with Crippen LogP contribution in [0.5, 0.6) is 0 Å². The van der Waals surface area contributed by atoms with Crippen molar-refractivity contribution in [2.75, 3.05) is 5.32 Å². The number of nitrogens with zero attached hydrogens (tertiary/aromatic N) is 1. The van der Waals surface area contributed by atoms with Crippen LogP contribution < -0.4 is 11.1 Å². The van der Waals surface area contributed by atoms with Crippen molar-refractivity contribution in [1.29, 1.82) is 0 Å². The second-order valence-electron chi connectivity index (χ2n) is 4.35. The lowest BCUT2D eigenvalue weighted by molar-refractivity contribution is -0.122. The van der Waals surface area contributed by atoms with E-state index in [4.69, 9.17) is 22.5 Å². The Kier molecular flexibility index (Phi) is 5.33. The molecule has 0 radical (unpaired) electrons. The molecule has 0 aliphatic rings. The summed E-state index contributed by atoms with van der Waals surface area (Å²) < 4.78 is 13.7. The molecule has 7 heteroatoms. The Morgan fingerprint density at radius 1 is 1.50 bits per heavy atom.